The Kier molecular flexibility index (Phi) is 3.72. The van der Waals surface area contributed by atoms with E-state index in [2.05, 4.69) is 4.90 Å². The Hall–Kier alpha value is -1.75. The molecule has 1 unspecified atom stereocenters. The van der Waals surface area contributed by atoms with Crippen LogP contribution in [0.5, 0.6) is 11.5 Å². The topological polar surface area (TPSA) is 59.0 Å². The molecule has 0 aliphatic carbocycles. The summed E-state index contributed by atoms with van der Waals surface area (Å²) in [4.78, 5) is 13.1. The number of hydrogen-bond acceptors (Lipinski definition) is 4. The molecule has 0 amide bonds. The lowest BCUT2D eigenvalue weighted by molar-refractivity contribution is 0.0696. The van der Waals surface area contributed by atoms with Crippen LogP contribution in [0.2, 0.25) is 0 Å². The first-order valence-electron chi connectivity index (χ1n) is 5.86. The van der Waals surface area contributed by atoms with Crippen molar-refractivity contribution >= 4 is 5.97 Å². The predicted octanol–water partition coefficient (Wildman–Crippen LogP) is 1.48. The summed E-state index contributed by atoms with van der Waals surface area (Å²) in [6, 6.07) is 4.64. The highest BCUT2D eigenvalue weighted by molar-refractivity contribution is 5.88. The minimum absolute atomic E-state index is 0.0907. The van der Waals surface area contributed by atoms with E-state index in [1.54, 1.807) is 13.2 Å². The van der Waals surface area contributed by atoms with Crippen LogP contribution >= 0.6 is 0 Å². The number of nitrogens with zero attached hydrogens (tertiary/aromatic N) is 1. The van der Waals surface area contributed by atoms with Crippen molar-refractivity contribution in [3.8, 4) is 11.5 Å². The van der Waals surface area contributed by atoms with Crippen molar-refractivity contribution in [3.63, 3.8) is 0 Å². The van der Waals surface area contributed by atoms with Crippen LogP contribution in [0.1, 0.15) is 16.8 Å². The summed E-state index contributed by atoms with van der Waals surface area (Å²) < 4.78 is 11.0. The number of carbonyl (C=O) groups is 1. The molecule has 2 rings (SSSR count). The molecule has 0 spiro atoms. The number of likely N-dealkylation sites (N-methyl/N-ethyl adjacent to an activating group) is 1. The first-order valence-corrected chi connectivity index (χ1v) is 5.86. The minimum Gasteiger partial charge on any atom is -0.493 e. The van der Waals surface area contributed by atoms with Gasteiger partial charge in [0, 0.05) is 13.1 Å². The lowest BCUT2D eigenvalue weighted by Gasteiger charge is -2.16. The van der Waals surface area contributed by atoms with Gasteiger partial charge in [-0.1, -0.05) is 0 Å². The highest BCUT2D eigenvalue weighted by Gasteiger charge is 2.22. The van der Waals surface area contributed by atoms with E-state index >= 15 is 0 Å². The molecule has 1 heterocycles. The van der Waals surface area contributed by atoms with E-state index in [4.69, 9.17) is 14.6 Å². The number of hydrogen-bond donors (Lipinski definition) is 1. The molecule has 0 saturated carbocycles. The van der Waals surface area contributed by atoms with Crippen LogP contribution in [0.3, 0.4) is 0 Å². The summed E-state index contributed by atoms with van der Waals surface area (Å²) in [6.07, 6.45) is 1.03. The second kappa shape index (κ2) is 5.27. The lowest BCUT2D eigenvalue weighted by Crippen LogP contribution is -2.21. The van der Waals surface area contributed by atoms with Gasteiger partial charge in [-0.3, -0.25) is 0 Å². The van der Waals surface area contributed by atoms with Gasteiger partial charge in [-0.2, -0.15) is 0 Å². The molecular formula is C13H17NO4. The second-order valence-electron chi connectivity index (χ2n) is 4.46. The summed E-state index contributed by atoms with van der Waals surface area (Å²) in [6.45, 7) is 1.84. The van der Waals surface area contributed by atoms with Crippen LogP contribution in [-0.4, -0.2) is 49.3 Å². The molecule has 1 aromatic carbocycles. The monoisotopic (exact) mass is 251 g/mol. The number of rotatable bonds is 4. The molecule has 5 nitrogen and oxygen atoms in total. The molecule has 1 aliphatic heterocycles. The zero-order valence-electron chi connectivity index (χ0n) is 10.5. The van der Waals surface area contributed by atoms with Crippen LogP contribution < -0.4 is 9.47 Å². The minimum atomic E-state index is -0.967. The van der Waals surface area contributed by atoms with Crippen LogP contribution in [0.15, 0.2) is 18.2 Å². The SMILES string of the molecule is COc1ccc(C(=O)O)cc1OC1CCN(C)C1. The largest absolute Gasteiger partial charge is 0.493 e. The van der Waals surface area contributed by atoms with Crippen molar-refractivity contribution in [1.29, 1.82) is 0 Å². The van der Waals surface area contributed by atoms with Gasteiger partial charge in [0.15, 0.2) is 11.5 Å². The van der Waals surface area contributed by atoms with Gasteiger partial charge in [-0.05, 0) is 31.7 Å². The van der Waals surface area contributed by atoms with Gasteiger partial charge >= 0.3 is 5.97 Å². The van der Waals surface area contributed by atoms with E-state index < -0.39 is 5.97 Å². The Morgan fingerprint density at radius 3 is 2.78 bits per heavy atom. The molecule has 1 aliphatic rings. The Bertz CT molecular complexity index is 447. The zero-order valence-corrected chi connectivity index (χ0v) is 10.5. The van der Waals surface area contributed by atoms with Crippen LogP contribution in [0.25, 0.3) is 0 Å². The molecule has 1 N–H and O–H groups in total. The first-order chi connectivity index (χ1) is 8.60. The normalized spacial score (nSPS) is 19.8. The third-order valence-corrected chi connectivity index (χ3v) is 3.05. The number of benzene rings is 1. The van der Waals surface area contributed by atoms with Crippen molar-refractivity contribution < 1.29 is 19.4 Å². The predicted molar refractivity (Wildman–Crippen MR) is 66.5 cm³/mol. The highest BCUT2D eigenvalue weighted by atomic mass is 16.5. The van der Waals surface area contributed by atoms with Crippen molar-refractivity contribution in [2.45, 2.75) is 12.5 Å². The molecule has 1 atom stereocenters. The van der Waals surface area contributed by atoms with Crippen molar-refractivity contribution in [2.75, 3.05) is 27.2 Å². The summed E-state index contributed by atoms with van der Waals surface area (Å²) in [5, 5.41) is 8.97. The number of carboxylic acids is 1. The number of aromatic carboxylic acids is 1. The fourth-order valence-electron chi connectivity index (χ4n) is 2.07. The van der Waals surface area contributed by atoms with Gasteiger partial charge in [-0.15, -0.1) is 0 Å². The number of likely N-dealkylation sites (tertiary alicyclic amines) is 1. The van der Waals surface area contributed by atoms with Gasteiger partial charge in [0.2, 0.25) is 0 Å². The molecule has 0 aromatic heterocycles. The van der Waals surface area contributed by atoms with E-state index in [0.717, 1.165) is 19.5 Å². The highest BCUT2D eigenvalue weighted by Crippen LogP contribution is 2.30. The standard InChI is InChI=1S/C13H17NO4/c1-14-6-5-10(8-14)18-12-7-9(13(15)16)3-4-11(12)17-2/h3-4,7,10H,5-6,8H2,1-2H3,(H,15,16). The molecule has 98 valence electrons. The third kappa shape index (κ3) is 2.73. The van der Waals surface area contributed by atoms with Gasteiger partial charge in [0.25, 0.3) is 0 Å². The summed E-state index contributed by atoms with van der Waals surface area (Å²) >= 11 is 0. The second-order valence-corrected chi connectivity index (χ2v) is 4.46. The molecule has 0 bridgehead atoms. The van der Waals surface area contributed by atoms with Crippen molar-refractivity contribution in [3.05, 3.63) is 23.8 Å². The summed E-state index contributed by atoms with van der Waals surface area (Å²) in [5.41, 5.74) is 0.206. The van der Waals surface area contributed by atoms with Crippen LogP contribution in [-0.2, 0) is 0 Å². The van der Waals surface area contributed by atoms with E-state index in [9.17, 15) is 4.79 Å². The molecule has 1 fully saturated rings. The average Bonchev–Trinajstić information content (AvgIpc) is 2.74. The van der Waals surface area contributed by atoms with E-state index in [1.807, 2.05) is 7.05 Å². The number of ether oxygens (including phenoxy) is 2. The Labute approximate surface area is 106 Å². The lowest BCUT2D eigenvalue weighted by atomic mass is 10.2. The quantitative estimate of drug-likeness (QED) is 0.878. The molecular weight excluding hydrogens is 234 g/mol. The number of methoxy groups -OCH3 is 1. The molecule has 1 aromatic rings. The fourth-order valence-corrected chi connectivity index (χ4v) is 2.07. The van der Waals surface area contributed by atoms with Crippen LogP contribution in [0.4, 0.5) is 0 Å². The van der Waals surface area contributed by atoms with Gasteiger partial charge in [-0.25, -0.2) is 4.79 Å². The maximum atomic E-state index is 10.9. The third-order valence-electron chi connectivity index (χ3n) is 3.05. The molecule has 1 saturated heterocycles. The fraction of sp³-hybridized carbons (Fsp3) is 0.462. The van der Waals surface area contributed by atoms with E-state index in [-0.39, 0.29) is 11.7 Å². The van der Waals surface area contributed by atoms with Gasteiger partial charge in [0.05, 0.1) is 12.7 Å². The molecule has 5 heteroatoms. The van der Waals surface area contributed by atoms with Gasteiger partial charge < -0.3 is 19.5 Å². The smallest absolute Gasteiger partial charge is 0.335 e. The maximum absolute atomic E-state index is 10.9. The molecule has 0 radical (unpaired) electrons. The first kappa shape index (κ1) is 12.7. The number of carboxylic acid groups (broad SMARTS) is 1. The van der Waals surface area contributed by atoms with E-state index in [1.165, 1.54) is 12.1 Å². The summed E-state index contributed by atoms with van der Waals surface area (Å²) in [7, 11) is 3.58. The molecule has 18 heavy (non-hydrogen) atoms. The Morgan fingerprint density at radius 2 is 2.22 bits per heavy atom. The average molecular weight is 251 g/mol. The van der Waals surface area contributed by atoms with E-state index in [0.29, 0.717) is 11.5 Å². The van der Waals surface area contributed by atoms with Crippen LogP contribution in [0, 0.1) is 0 Å². The summed E-state index contributed by atoms with van der Waals surface area (Å²) in [5.74, 6) is 0.0956. The van der Waals surface area contributed by atoms with Crippen molar-refractivity contribution in [1.82, 2.24) is 4.90 Å². The Balaban J connectivity index is 2.18. The van der Waals surface area contributed by atoms with Crippen molar-refractivity contribution in [2.24, 2.45) is 0 Å². The Morgan fingerprint density at radius 1 is 1.44 bits per heavy atom. The van der Waals surface area contributed by atoms with Gasteiger partial charge in [0.1, 0.15) is 6.10 Å². The zero-order chi connectivity index (χ0) is 13.1. The maximum Gasteiger partial charge on any atom is 0.335 e.